The van der Waals surface area contributed by atoms with Crippen LogP contribution in [0.4, 0.5) is 0 Å². The van der Waals surface area contributed by atoms with Gasteiger partial charge in [-0.05, 0) is 59.3 Å². The van der Waals surface area contributed by atoms with Gasteiger partial charge in [-0.2, -0.15) is 0 Å². The van der Waals surface area contributed by atoms with Crippen LogP contribution in [0.1, 0.15) is 5.56 Å². The molecule has 0 bridgehead atoms. The van der Waals surface area contributed by atoms with Crippen molar-refractivity contribution in [3.8, 4) is 39.3 Å². The van der Waals surface area contributed by atoms with Gasteiger partial charge in [0.2, 0.25) is 0 Å². The van der Waals surface area contributed by atoms with Crippen LogP contribution in [-0.4, -0.2) is 9.55 Å². The van der Waals surface area contributed by atoms with E-state index in [1.807, 2.05) is 11.3 Å². The first-order valence-corrected chi connectivity index (χ1v) is 16.1. The van der Waals surface area contributed by atoms with Crippen LogP contribution in [0.25, 0.3) is 81.3 Å². The van der Waals surface area contributed by atoms with Gasteiger partial charge in [-0.25, -0.2) is 4.98 Å². The number of imidazole rings is 1. The van der Waals surface area contributed by atoms with Gasteiger partial charge >= 0.3 is 0 Å². The van der Waals surface area contributed by atoms with Gasteiger partial charge in [-0.15, -0.1) is 11.3 Å². The zero-order valence-electron chi connectivity index (χ0n) is 24.7. The van der Waals surface area contributed by atoms with Gasteiger partial charge in [0.05, 0.1) is 16.7 Å². The second kappa shape index (κ2) is 10.3. The van der Waals surface area contributed by atoms with Crippen LogP contribution in [0, 0.1) is 6.92 Å². The lowest BCUT2D eigenvalue weighted by Gasteiger charge is -2.18. The highest BCUT2D eigenvalue weighted by Gasteiger charge is 2.21. The van der Waals surface area contributed by atoms with Gasteiger partial charge in [0, 0.05) is 36.7 Å². The Balaban J connectivity index is 1.33. The van der Waals surface area contributed by atoms with Crippen LogP contribution < -0.4 is 0 Å². The number of hydrogen-bond donors (Lipinski definition) is 0. The van der Waals surface area contributed by atoms with Gasteiger partial charge in [0.15, 0.2) is 0 Å². The summed E-state index contributed by atoms with van der Waals surface area (Å²) in [5, 5.41) is 4.96. The molecular weight excluding hydrogens is 565 g/mol. The van der Waals surface area contributed by atoms with E-state index in [4.69, 9.17) is 4.98 Å². The van der Waals surface area contributed by atoms with Crippen LogP contribution in [0.15, 0.2) is 152 Å². The van der Waals surface area contributed by atoms with E-state index in [0.717, 1.165) is 28.1 Å². The van der Waals surface area contributed by atoms with Crippen molar-refractivity contribution >= 4 is 53.3 Å². The van der Waals surface area contributed by atoms with Crippen molar-refractivity contribution in [1.29, 1.82) is 0 Å². The second-order valence-electron chi connectivity index (χ2n) is 11.7. The highest BCUT2D eigenvalue weighted by molar-refractivity contribution is 7.26. The Morgan fingerprint density at radius 2 is 1.27 bits per heavy atom. The fourth-order valence-electron chi connectivity index (χ4n) is 6.69. The van der Waals surface area contributed by atoms with E-state index >= 15 is 0 Å². The highest BCUT2D eigenvalue weighted by Crippen LogP contribution is 2.43. The predicted octanol–water partition coefficient (Wildman–Crippen LogP) is 11.9. The molecule has 3 heteroatoms. The normalized spacial score (nSPS) is 11.7. The molecule has 2 nitrogen and oxygen atoms in total. The number of rotatable bonds is 4. The summed E-state index contributed by atoms with van der Waals surface area (Å²) in [6.07, 6.45) is 0. The first kappa shape index (κ1) is 25.9. The third kappa shape index (κ3) is 4.20. The molecule has 0 aliphatic heterocycles. The maximum atomic E-state index is 5.31. The van der Waals surface area contributed by atoms with Crippen molar-refractivity contribution in [3.05, 3.63) is 157 Å². The van der Waals surface area contributed by atoms with E-state index in [-0.39, 0.29) is 0 Å². The molecule has 0 amide bonds. The number of nitrogens with zero attached hydrogens (tertiary/aromatic N) is 2. The minimum absolute atomic E-state index is 0.945. The fourth-order valence-corrected chi connectivity index (χ4v) is 7.91. The smallest absolute Gasteiger partial charge is 0.145 e. The molecule has 0 saturated carbocycles. The summed E-state index contributed by atoms with van der Waals surface area (Å²) in [5.41, 5.74) is 10.5. The summed E-state index contributed by atoms with van der Waals surface area (Å²) in [7, 11) is 0. The van der Waals surface area contributed by atoms with Crippen molar-refractivity contribution in [2.45, 2.75) is 6.92 Å². The van der Waals surface area contributed by atoms with Crippen LogP contribution in [0.3, 0.4) is 0 Å². The van der Waals surface area contributed by atoms with E-state index in [1.54, 1.807) is 0 Å². The molecule has 212 valence electrons. The number of para-hydroxylation sites is 2. The van der Waals surface area contributed by atoms with Gasteiger partial charge in [-0.1, -0.05) is 127 Å². The number of thiophene rings is 1. The lowest BCUT2D eigenvalue weighted by molar-refractivity contribution is 1.12. The average Bonchev–Trinajstić information content (AvgIpc) is 3.67. The molecule has 0 N–H and O–H groups in total. The Bertz CT molecular complexity index is 2540. The van der Waals surface area contributed by atoms with Gasteiger partial charge < -0.3 is 0 Å². The fraction of sp³-hybridized carbons (Fsp3) is 0.0238. The first-order chi connectivity index (χ1) is 22.2. The van der Waals surface area contributed by atoms with Crippen molar-refractivity contribution in [2.24, 2.45) is 0 Å². The third-order valence-electron chi connectivity index (χ3n) is 8.89. The van der Waals surface area contributed by atoms with Crippen LogP contribution in [0.2, 0.25) is 0 Å². The largest absolute Gasteiger partial charge is 0.291 e. The maximum absolute atomic E-state index is 5.31. The van der Waals surface area contributed by atoms with Crippen LogP contribution in [0.5, 0.6) is 0 Å². The average molecular weight is 593 g/mol. The third-order valence-corrected chi connectivity index (χ3v) is 10.1. The van der Waals surface area contributed by atoms with Crippen LogP contribution in [-0.2, 0) is 0 Å². The molecular formula is C42H28N2S. The molecule has 2 heterocycles. The molecule has 0 aliphatic rings. The summed E-state index contributed by atoms with van der Waals surface area (Å²) < 4.78 is 4.99. The van der Waals surface area contributed by atoms with Crippen LogP contribution >= 0.6 is 11.3 Å². The zero-order chi connectivity index (χ0) is 29.9. The number of hydrogen-bond acceptors (Lipinski definition) is 2. The molecule has 0 saturated heterocycles. The standard InChI is InChI=1S/C42H28N2S/c1-27-18-20-30(21-19-27)34-14-9-15-35-36-26-31(23-25-39(36)45-41(34)35)42-43-37-16-7-8-17-38(37)44(42)40-32-13-6-5-12-29(32)22-24-33(40)28-10-3-2-4-11-28/h2-26H,1H3. The number of aryl methyl sites for hydroxylation is 1. The van der Waals surface area contributed by atoms with E-state index in [1.165, 1.54) is 58.8 Å². The molecule has 0 atom stereocenters. The van der Waals surface area contributed by atoms with Crippen molar-refractivity contribution < 1.29 is 0 Å². The van der Waals surface area contributed by atoms with E-state index in [0.29, 0.717) is 0 Å². The van der Waals surface area contributed by atoms with E-state index in [2.05, 4.69) is 163 Å². The zero-order valence-corrected chi connectivity index (χ0v) is 25.6. The minimum Gasteiger partial charge on any atom is -0.291 e. The molecule has 0 aliphatic carbocycles. The summed E-state index contributed by atoms with van der Waals surface area (Å²) in [6.45, 7) is 2.14. The molecule has 9 rings (SSSR count). The molecule has 9 aromatic rings. The monoisotopic (exact) mass is 592 g/mol. The highest BCUT2D eigenvalue weighted by atomic mass is 32.1. The Morgan fingerprint density at radius 1 is 0.533 bits per heavy atom. The van der Waals surface area contributed by atoms with E-state index < -0.39 is 0 Å². The molecule has 7 aromatic carbocycles. The van der Waals surface area contributed by atoms with E-state index in [9.17, 15) is 0 Å². The summed E-state index contributed by atoms with van der Waals surface area (Å²) in [5.74, 6) is 0.945. The number of fused-ring (bicyclic) bond motifs is 5. The number of aromatic nitrogens is 2. The Kier molecular flexibility index (Phi) is 5.93. The second-order valence-corrected chi connectivity index (χ2v) is 12.7. The van der Waals surface area contributed by atoms with Crippen molar-refractivity contribution in [2.75, 3.05) is 0 Å². The molecule has 45 heavy (non-hydrogen) atoms. The maximum Gasteiger partial charge on any atom is 0.145 e. The molecule has 0 spiro atoms. The molecule has 0 radical (unpaired) electrons. The lowest BCUT2D eigenvalue weighted by atomic mass is 9.97. The SMILES string of the molecule is Cc1ccc(-c2cccc3c2sc2ccc(-c4nc5ccccc5n4-c4c(-c5ccccc5)ccc5ccccc45)cc23)cc1. The quantitative estimate of drug-likeness (QED) is 0.199. The Hall–Kier alpha value is -5.51. The van der Waals surface area contributed by atoms with Gasteiger partial charge in [0.25, 0.3) is 0 Å². The summed E-state index contributed by atoms with van der Waals surface area (Å²) in [4.78, 5) is 5.31. The Labute approximate surface area is 265 Å². The van der Waals surface area contributed by atoms with Gasteiger partial charge in [0.1, 0.15) is 5.82 Å². The predicted molar refractivity (Wildman–Crippen MR) is 193 cm³/mol. The molecule has 2 aromatic heterocycles. The first-order valence-electron chi connectivity index (χ1n) is 15.3. The van der Waals surface area contributed by atoms with Crippen molar-refractivity contribution in [3.63, 3.8) is 0 Å². The topological polar surface area (TPSA) is 17.8 Å². The molecule has 0 unspecified atom stereocenters. The Morgan fingerprint density at radius 3 is 2.16 bits per heavy atom. The van der Waals surface area contributed by atoms with Gasteiger partial charge in [-0.3, -0.25) is 4.57 Å². The van der Waals surface area contributed by atoms with Crippen molar-refractivity contribution in [1.82, 2.24) is 9.55 Å². The lowest BCUT2D eigenvalue weighted by Crippen LogP contribution is -2.01. The molecule has 0 fully saturated rings. The number of benzene rings is 7. The minimum atomic E-state index is 0.945. The summed E-state index contributed by atoms with van der Waals surface area (Å²) in [6, 6.07) is 54.8. The summed E-state index contributed by atoms with van der Waals surface area (Å²) >= 11 is 1.87.